The van der Waals surface area contributed by atoms with Crippen molar-refractivity contribution in [2.24, 2.45) is 0 Å². The zero-order valence-electron chi connectivity index (χ0n) is 15.5. The van der Waals surface area contributed by atoms with E-state index in [0.717, 1.165) is 38.6 Å². The molecule has 2 amide bonds. The monoisotopic (exact) mass is 439 g/mol. The maximum Gasteiger partial charge on any atom is 0.324 e. The smallest absolute Gasteiger partial charge is 0.308 e. The average Bonchev–Trinajstić information content (AvgIpc) is 3.30. The van der Waals surface area contributed by atoms with Crippen LogP contribution < -0.4 is 10.6 Å². The van der Waals surface area contributed by atoms with Crippen molar-refractivity contribution in [2.45, 2.75) is 25.7 Å². The fourth-order valence-corrected chi connectivity index (χ4v) is 6.18. The maximum atomic E-state index is 12.7. The van der Waals surface area contributed by atoms with Gasteiger partial charge in [-0.05, 0) is 67.6 Å². The molecule has 0 aliphatic heterocycles. The van der Waals surface area contributed by atoms with E-state index in [-0.39, 0.29) is 6.03 Å². The Labute approximate surface area is 181 Å². The number of carbonyl (C=O) groups excluding carboxylic acids is 1. The number of thiophene rings is 1. The Morgan fingerprint density at radius 2 is 1.76 bits per heavy atom. The molecule has 4 aromatic rings. The quantitative estimate of drug-likeness (QED) is 0.354. The summed E-state index contributed by atoms with van der Waals surface area (Å²) in [5, 5.41) is 8.46. The maximum absolute atomic E-state index is 12.7. The first kappa shape index (κ1) is 18.6. The average molecular weight is 440 g/mol. The molecule has 2 heterocycles. The van der Waals surface area contributed by atoms with Crippen molar-refractivity contribution in [2.75, 3.05) is 10.6 Å². The molecular formula is C22H18ClN3OS2. The molecule has 0 unspecified atom stereocenters. The largest absolute Gasteiger partial charge is 0.324 e. The molecule has 7 heteroatoms. The highest BCUT2D eigenvalue weighted by Crippen LogP contribution is 2.46. The van der Waals surface area contributed by atoms with Gasteiger partial charge in [-0.2, -0.15) is 0 Å². The first-order valence-electron chi connectivity index (χ1n) is 9.51. The number of carbonyl (C=O) groups is 1. The second kappa shape index (κ2) is 7.78. The number of urea groups is 1. The molecule has 2 aromatic heterocycles. The van der Waals surface area contributed by atoms with E-state index in [4.69, 9.17) is 16.6 Å². The minimum Gasteiger partial charge on any atom is -0.308 e. The molecule has 0 fully saturated rings. The summed E-state index contributed by atoms with van der Waals surface area (Å²) < 4.78 is 1.16. The van der Waals surface area contributed by atoms with Gasteiger partial charge in [-0.3, -0.25) is 5.32 Å². The van der Waals surface area contributed by atoms with Crippen LogP contribution in [0.25, 0.3) is 20.8 Å². The summed E-state index contributed by atoms with van der Waals surface area (Å²) in [7, 11) is 0. The van der Waals surface area contributed by atoms with E-state index in [1.165, 1.54) is 23.3 Å². The summed E-state index contributed by atoms with van der Waals surface area (Å²) in [6, 6.07) is 15.0. The number of para-hydroxylation sites is 1. The Bertz CT molecular complexity index is 1160. The van der Waals surface area contributed by atoms with Gasteiger partial charge in [0.1, 0.15) is 10.0 Å². The molecule has 0 saturated carbocycles. The number of nitrogens with one attached hydrogen (secondary N) is 2. The number of anilines is 2. The normalized spacial score (nSPS) is 13.3. The number of halogens is 1. The lowest BCUT2D eigenvalue weighted by atomic mass is 9.96. The van der Waals surface area contributed by atoms with Gasteiger partial charge in [-0.15, -0.1) is 22.7 Å². The molecule has 4 nitrogen and oxygen atoms in total. The zero-order valence-corrected chi connectivity index (χ0v) is 17.9. The molecule has 2 aromatic carbocycles. The summed E-state index contributed by atoms with van der Waals surface area (Å²) in [5.74, 6) is 0. The Morgan fingerprint density at radius 3 is 2.59 bits per heavy atom. The third kappa shape index (κ3) is 3.75. The lowest BCUT2D eigenvalue weighted by Crippen LogP contribution is -2.19. The van der Waals surface area contributed by atoms with Crippen molar-refractivity contribution in [3.05, 3.63) is 64.0 Å². The number of thiazole rings is 1. The molecule has 146 valence electrons. The van der Waals surface area contributed by atoms with Crippen LogP contribution >= 0.6 is 34.3 Å². The van der Waals surface area contributed by atoms with Crippen molar-refractivity contribution in [1.29, 1.82) is 0 Å². The van der Waals surface area contributed by atoms with Crippen molar-refractivity contribution in [3.8, 4) is 10.6 Å². The Morgan fingerprint density at radius 1 is 0.966 bits per heavy atom. The first-order chi connectivity index (χ1) is 14.2. The summed E-state index contributed by atoms with van der Waals surface area (Å²) in [6.45, 7) is 0. The Balaban J connectivity index is 1.50. The van der Waals surface area contributed by atoms with E-state index < -0.39 is 0 Å². The fourth-order valence-electron chi connectivity index (χ4n) is 3.66. The van der Waals surface area contributed by atoms with Crippen LogP contribution in [0.15, 0.2) is 48.5 Å². The van der Waals surface area contributed by atoms with E-state index >= 15 is 0 Å². The first-order valence-corrected chi connectivity index (χ1v) is 11.5. The van der Waals surface area contributed by atoms with Crippen LogP contribution in [0.3, 0.4) is 0 Å². The minimum absolute atomic E-state index is 0.256. The van der Waals surface area contributed by atoms with Gasteiger partial charge in [0.25, 0.3) is 0 Å². The molecule has 0 radical (unpaired) electrons. The molecule has 1 aliphatic carbocycles. The molecule has 1 aliphatic rings. The molecule has 29 heavy (non-hydrogen) atoms. The van der Waals surface area contributed by atoms with Gasteiger partial charge in [0.2, 0.25) is 0 Å². The number of aromatic nitrogens is 1. The highest BCUT2D eigenvalue weighted by molar-refractivity contribution is 7.22. The molecular weight excluding hydrogens is 422 g/mol. The van der Waals surface area contributed by atoms with Crippen LogP contribution in [0, 0.1) is 0 Å². The van der Waals surface area contributed by atoms with E-state index in [0.29, 0.717) is 10.7 Å². The van der Waals surface area contributed by atoms with Gasteiger partial charge in [-0.25, -0.2) is 9.78 Å². The number of rotatable bonds is 3. The summed E-state index contributed by atoms with van der Waals surface area (Å²) in [5.41, 5.74) is 4.15. The molecule has 0 bridgehead atoms. The number of hydrogen-bond donors (Lipinski definition) is 2. The second-order valence-corrected chi connectivity index (χ2v) is 9.56. The number of aryl methyl sites for hydroxylation is 1. The van der Waals surface area contributed by atoms with Crippen LogP contribution in [0.4, 0.5) is 15.5 Å². The van der Waals surface area contributed by atoms with Gasteiger partial charge in [0.15, 0.2) is 0 Å². The molecule has 5 rings (SSSR count). The molecule has 0 saturated heterocycles. The summed E-state index contributed by atoms with van der Waals surface area (Å²) in [4.78, 5) is 18.9. The number of amides is 2. The standard InChI is InChI=1S/C22H18ClN3OS2/c23-13-9-11-14(12-10-13)24-22(27)26-21-19(15-5-1-3-7-17(15)28-21)20-25-16-6-2-4-8-18(16)29-20/h2,4,6,8-12H,1,3,5,7H2,(H2,24,26,27). The lowest BCUT2D eigenvalue weighted by molar-refractivity contribution is 0.262. The van der Waals surface area contributed by atoms with Crippen LogP contribution in [0.5, 0.6) is 0 Å². The van der Waals surface area contributed by atoms with Crippen molar-refractivity contribution in [3.63, 3.8) is 0 Å². The zero-order chi connectivity index (χ0) is 19.8. The summed E-state index contributed by atoms with van der Waals surface area (Å²) >= 11 is 9.29. The van der Waals surface area contributed by atoms with Gasteiger partial charge in [0, 0.05) is 21.2 Å². The van der Waals surface area contributed by atoms with Crippen LogP contribution in [-0.4, -0.2) is 11.0 Å². The lowest BCUT2D eigenvalue weighted by Gasteiger charge is -2.12. The molecule has 0 atom stereocenters. The number of nitrogens with zero attached hydrogens (tertiary/aromatic N) is 1. The van der Waals surface area contributed by atoms with Crippen molar-refractivity contribution < 1.29 is 4.79 Å². The minimum atomic E-state index is -0.256. The second-order valence-electron chi connectivity index (χ2n) is 6.99. The highest BCUT2D eigenvalue weighted by atomic mass is 35.5. The van der Waals surface area contributed by atoms with Gasteiger partial charge in [-0.1, -0.05) is 23.7 Å². The fraction of sp³-hybridized carbons (Fsp3) is 0.182. The van der Waals surface area contributed by atoms with Crippen LogP contribution in [-0.2, 0) is 12.8 Å². The van der Waals surface area contributed by atoms with Crippen LogP contribution in [0.1, 0.15) is 23.3 Å². The predicted octanol–water partition coefficient (Wildman–Crippen LogP) is 7.20. The Hall–Kier alpha value is -2.41. The Kier molecular flexibility index (Phi) is 4.99. The topological polar surface area (TPSA) is 54.0 Å². The number of hydrogen-bond acceptors (Lipinski definition) is 4. The van der Waals surface area contributed by atoms with Crippen molar-refractivity contribution in [1.82, 2.24) is 4.98 Å². The third-order valence-corrected chi connectivity index (χ3v) is 7.52. The number of fused-ring (bicyclic) bond motifs is 2. The van der Waals surface area contributed by atoms with E-state index in [1.807, 2.05) is 18.2 Å². The summed E-state index contributed by atoms with van der Waals surface area (Å²) in [6.07, 6.45) is 4.48. The van der Waals surface area contributed by atoms with Crippen molar-refractivity contribution >= 4 is 61.2 Å². The van der Waals surface area contributed by atoms with Gasteiger partial charge >= 0.3 is 6.03 Å². The number of benzene rings is 2. The van der Waals surface area contributed by atoms with Gasteiger partial charge in [0.05, 0.1) is 10.2 Å². The van der Waals surface area contributed by atoms with Crippen LogP contribution in [0.2, 0.25) is 5.02 Å². The predicted molar refractivity (Wildman–Crippen MR) is 124 cm³/mol. The third-order valence-electron chi connectivity index (χ3n) is 5.01. The SMILES string of the molecule is O=C(Nc1ccc(Cl)cc1)Nc1sc2c(c1-c1nc3ccccc3s1)CCCC2. The molecule has 2 N–H and O–H groups in total. The van der Waals surface area contributed by atoms with E-state index in [9.17, 15) is 4.79 Å². The van der Waals surface area contributed by atoms with Gasteiger partial charge < -0.3 is 5.32 Å². The molecule has 0 spiro atoms. The van der Waals surface area contributed by atoms with E-state index in [2.05, 4.69) is 16.7 Å². The van der Waals surface area contributed by atoms with E-state index in [1.54, 1.807) is 46.9 Å². The highest BCUT2D eigenvalue weighted by Gasteiger charge is 2.25.